The summed E-state index contributed by atoms with van der Waals surface area (Å²) in [5.74, 6) is -4.08. The lowest BCUT2D eigenvalue weighted by molar-refractivity contribution is -0.146. The molecule has 3 rings (SSSR count). The Hall–Kier alpha value is -3.00. The highest BCUT2D eigenvalue weighted by Crippen LogP contribution is 2.42. The molecule has 0 radical (unpaired) electrons. The maximum absolute atomic E-state index is 13.4. The third-order valence-corrected chi connectivity index (χ3v) is 6.78. The molecule has 0 aliphatic heterocycles. The van der Waals surface area contributed by atoms with E-state index in [1.54, 1.807) is 19.1 Å². The molecule has 1 aliphatic carbocycles. The number of carbonyl (C=O) groups excluding carboxylic acids is 2. The first-order valence-electron chi connectivity index (χ1n) is 9.80. The van der Waals surface area contributed by atoms with Gasteiger partial charge >= 0.3 is 11.9 Å². The fourth-order valence-corrected chi connectivity index (χ4v) is 4.99. The number of thiophene rings is 1. The summed E-state index contributed by atoms with van der Waals surface area (Å²) in [5, 5.41) is 12.7. The summed E-state index contributed by atoms with van der Waals surface area (Å²) in [7, 11) is 1.24. The highest BCUT2D eigenvalue weighted by atomic mass is 32.1. The van der Waals surface area contributed by atoms with Gasteiger partial charge in [0.1, 0.15) is 16.4 Å². The first kappa shape index (κ1) is 22.7. The molecule has 0 fully saturated rings. The fraction of sp³-hybridized carbons (Fsp3) is 0.348. The van der Waals surface area contributed by atoms with E-state index in [4.69, 9.17) is 4.74 Å². The summed E-state index contributed by atoms with van der Waals surface area (Å²) >= 11 is 1.20. The largest absolute Gasteiger partial charge is 0.481 e. The number of carboxylic acids is 1. The lowest BCUT2D eigenvalue weighted by Crippen LogP contribution is -2.36. The number of hydrogen-bond donors (Lipinski definition) is 2. The van der Waals surface area contributed by atoms with Crippen molar-refractivity contribution < 1.29 is 28.6 Å². The second-order valence-electron chi connectivity index (χ2n) is 7.75. The van der Waals surface area contributed by atoms with Crippen LogP contribution in [0.4, 0.5) is 9.39 Å². The zero-order chi connectivity index (χ0) is 22.9. The van der Waals surface area contributed by atoms with Crippen LogP contribution in [0, 0.1) is 24.6 Å². The van der Waals surface area contributed by atoms with Gasteiger partial charge in [0.25, 0.3) is 0 Å². The van der Waals surface area contributed by atoms with Crippen LogP contribution in [0.5, 0.6) is 0 Å². The molecule has 1 heterocycles. The zero-order valence-corrected chi connectivity index (χ0v) is 18.6. The molecule has 2 aromatic rings. The molecule has 31 heavy (non-hydrogen) atoms. The molecular weight excluding hydrogens is 421 g/mol. The van der Waals surface area contributed by atoms with Gasteiger partial charge in [0, 0.05) is 10.4 Å². The first-order valence-corrected chi connectivity index (χ1v) is 10.6. The van der Waals surface area contributed by atoms with Crippen LogP contribution < -0.4 is 5.32 Å². The normalized spacial score (nSPS) is 18.6. The van der Waals surface area contributed by atoms with E-state index in [1.165, 1.54) is 30.6 Å². The van der Waals surface area contributed by atoms with Gasteiger partial charge in [-0.15, -0.1) is 11.3 Å². The van der Waals surface area contributed by atoms with E-state index in [9.17, 15) is 23.9 Å². The molecule has 2 atom stereocenters. The van der Waals surface area contributed by atoms with Crippen molar-refractivity contribution in [3.8, 4) is 11.1 Å². The highest BCUT2D eigenvalue weighted by molar-refractivity contribution is 7.17. The Morgan fingerprint density at radius 1 is 1.06 bits per heavy atom. The van der Waals surface area contributed by atoms with Gasteiger partial charge in [-0.2, -0.15) is 0 Å². The van der Waals surface area contributed by atoms with Crippen molar-refractivity contribution in [3.05, 3.63) is 51.7 Å². The molecule has 8 heteroatoms. The number of methoxy groups -OCH3 is 1. The van der Waals surface area contributed by atoms with E-state index >= 15 is 0 Å². The number of amides is 1. The molecule has 0 saturated carbocycles. The van der Waals surface area contributed by atoms with Gasteiger partial charge in [-0.3, -0.25) is 9.59 Å². The molecule has 1 amide bonds. The lowest BCUT2D eigenvalue weighted by atomic mass is 9.76. The number of ether oxygens (including phenoxy) is 1. The van der Waals surface area contributed by atoms with Crippen LogP contribution in [0.25, 0.3) is 11.1 Å². The van der Waals surface area contributed by atoms with Crippen molar-refractivity contribution in [2.75, 3.05) is 12.4 Å². The molecule has 6 nitrogen and oxygen atoms in total. The quantitative estimate of drug-likeness (QED) is 0.497. The minimum atomic E-state index is -1.02. The second kappa shape index (κ2) is 9.01. The number of rotatable bonds is 5. The molecule has 2 N–H and O–H groups in total. The Bertz CT molecular complexity index is 1070. The number of halogens is 1. The van der Waals surface area contributed by atoms with E-state index < -0.39 is 35.5 Å². The average molecular weight is 446 g/mol. The van der Waals surface area contributed by atoms with Gasteiger partial charge < -0.3 is 15.2 Å². The summed E-state index contributed by atoms with van der Waals surface area (Å²) in [6.07, 6.45) is 0.658. The molecule has 164 valence electrons. The molecule has 0 unspecified atom stereocenters. The van der Waals surface area contributed by atoms with Crippen LogP contribution in [0.1, 0.15) is 41.9 Å². The zero-order valence-electron chi connectivity index (χ0n) is 17.7. The van der Waals surface area contributed by atoms with Gasteiger partial charge in [-0.25, -0.2) is 9.18 Å². The average Bonchev–Trinajstić information content (AvgIpc) is 3.05. The topological polar surface area (TPSA) is 92.7 Å². The fourth-order valence-electron chi connectivity index (χ4n) is 3.93. The number of esters is 1. The van der Waals surface area contributed by atoms with Gasteiger partial charge in [0.15, 0.2) is 0 Å². The Labute approximate surface area is 183 Å². The van der Waals surface area contributed by atoms with E-state index in [0.29, 0.717) is 29.0 Å². The first-order chi connectivity index (χ1) is 14.6. The van der Waals surface area contributed by atoms with Gasteiger partial charge in [0.05, 0.1) is 18.9 Å². The number of hydrogen-bond acceptors (Lipinski definition) is 5. The Balaban J connectivity index is 2.00. The van der Waals surface area contributed by atoms with Crippen molar-refractivity contribution in [1.29, 1.82) is 0 Å². The van der Waals surface area contributed by atoms with Gasteiger partial charge in [0.2, 0.25) is 5.91 Å². The molecule has 1 aromatic heterocycles. The Morgan fingerprint density at radius 3 is 2.19 bits per heavy atom. The summed E-state index contributed by atoms with van der Waals surface area (Å²) in [6, 6.07) is 5.70. The van der Waals surface area contributed by atoms with Gasteiger partial charge in [-0.05, 0) is 51.3 Å². The molecule has 1 aliphatic rings. The third-order valence-electron chi connectivity index (χ3n) is 5.76. The number of carboxylic acid groups (broad SMARTS) is 1. The van der Waals surface area contributed by atoms with Crippen LogP contribution in [0.2, 0.25) is 0 Å². The number of carbonyl (C=O) groups is 3. The number of aliphatic carboxylic acids is 1. The number of nitrogens with one attached hydrogen (secondary N) is 1. The van der Waals surface area contributed by atoms with Gasteiger partial charge in [-0.1, -0.05) is 23.3 Å². The van der Waals surface area contributed by atoms with E-state index in [0.717, 1.165) is 16.0 Å². The Kier molecular flexibility index (Phi) is 6.59. The molecule has 0 bridgehead atoms. The minimum Gasteiger partial charge on any atom is -0.481 e. The predicted octanol–water partition coefficient (Wildman–Crippen LogP) is 5.03. The Morgan fingerprint density at radius 2 is 1.65 bits per heavy atom. The number of allylic oxidation sites excluding steroid dienone is 2. The van der Waals surface area contributed by atoms with E-state index in [1.807, 2.05) is 13.8 Å². The SMILES string of the molecule is COC(=O)c1c(NC(=O)[C@@H]2CC(C)=C(C)C[C@H]2C(=O)O)sc(C)c1-c1ccc(F)cc1. The standard InChI is InChI=1S/C23H24FNO5S/c1-11-9-16(17(22(27)28)10-12(11)2)20(26)25-21-19(23(29)30-4)18(13(3)31-21)14-5-7-15(24)8-6-14/h5-8,16-17H,9-10H2,1-4H3,(H,25,26)(H,27,28)/t16-,17-/m1/s1. The summed E-state index contributed by atoms with van der Waals surface area (Å²) in [4.78, 5) is 38.2. The maximum atomic E-state index is 13.4. The number of aryl methyl sites for hydroxylation is 1. The second-order valence-corrected chi connectivity index (χ2v) is 8.97. The van der Waals surface area contributed by atoms with Crippen LogP contribution in [-0.4, -0.2) is 30.1 Å². The van der Waals surface area contributed by atoms with Crippen molar-refractivity contribution in [3.63, 3.8) is 0 Å². The van der Waals surface area contributed by atoms with Crippen LogP contribution in [0.3, 0.4) is 0 Å². The highest BCUT2D eigenvalue weighted by Gasteiger charge is 2.38. The summed E-state index contributed by atoms with van der Waals surface area (Å²) in [5.41, 5.74) is 3.33. The van der Waals surface area contributed by atoms with Crippen molar-refractivity contribution in [1.82, 2.24) is 0 Å². The lowest BCUT2D eigenvalue weighted by Gasteiger charge is -2.29. The summed E-state index contributed by atoms with van der Waals surface area (Å²) < 4.78 is 18.3. The summed E-state index contributed by atoms with van der Waals surface area (Å²) in [6.45, 7) is 5.57. The number of benzene rings is 1. The molecule has 1 aromatic carbocycles. The minimum absolute atomic E-state index is 0.177. The van der Waals surface area contributed by atoms with Crippen molar-refractivity contribution in [2.24, 2.45) is 11.8 Å². The van der Waals surface area contributed by atoms with E-state index in [-0.39, 0.29) is 5.56 Å². The van der Waals surface area contributed by atoms with Crippen LogP contribution in [-0.2, 0) is 14.3 Å². The predicted molar refractivity (Wildman–Crippen MR) is 117 cm³/mol. The third kappa shape index (κ3) is 4.54. The number of anilines is 1. The van der Waals surface area contributed by atoms with Crippen molar-refractivity contribution in [2.45, 2.75) is 33.6 Å². The van der Waals surface area contributed by atoms with E-state index in [2.05, 4.69) is 5.32 Å². The smallest absolute Gasteiger partial charge is 0.341 e. The maximum Gasteiger partial charge on any atom is 0.341 e. The van der Waals surface area contributed by atoms with Crippen molar-refractivity contribution >= 4 is 34.2 Å². The monoisotopic (exact) mass is 445 g/mol. The van der Waals surface area contributed by atoms with Crippen LogP contribution >= 0.6 is 11.3 Å². The molecule has 0 saturated heterocycles. The molecular formula is C23H24FNO5S. The molecule has 0 spiro atoms. The van der Waals surface area contributed by atoms with Crippen LogP contribution in [0.15, 0.2) is 35.4 Å².